The molecule has 27 heavy (non-hydrogen) atoms. The van der Waals surface area contributed by atoms with Crippen LogP contribution in [-0.2, 0) is 21.2 Å². The topological polar surface area (TPSA) is 79.6 Å². The summed E-state index contributed by atoms with van der Waals surface area (Å²) in [7, 11) is -3.69. The number of amides is 1. The molecule has 0 aliphatic carbocycles. The molecule has 1 amide bonds. The fourth-order valence-corrected chi connectivity index (χ4v) is 3.50. The Labute approximate surface area is 157 Å². The summed E-state index contributed by atoms with van der Waals surface area (Å²) < 4.78 is 56.4. The Kier molecular flexibility index (Phi) is 7.35. The molecule has 0 aliphatic heterocycles. The fourth-order valence-electron chi connectivity index (χ4n) is 2.54. The van der Waals surface area contributed by atoms with E-state index in [4.69, 9.17) is 4.42 Å². The van der Waals surface area contributed by atoms with E-state index in [0.717, 1.165) is 34.9 Å². The van der Waals surface area contributed by atoms with Crippen molar-refractivity contribution in [2.45, 2.75) is 25.7 Å². The van der Waals surface area contributed by atoms with Crippen molar-refractivity contribution in [1.29, 1.82) is 0 Å². The van der Waals surface area contributed by atoms with Crippen LogP contribution in [0.4, 0.5) is 14.5 Å². The molecule has 2 aromatic rings. The first kappa shape index (κ1) is 20.9. The summed E-state index contributed by atoms with van der Waals surface area (Å²) in [4.78, 5) is 11.9. The van der Waals surface area contributed by atoms with E-state index in [0.29, 0.717) is 13.0 Å². The van der Waals surface area contributed by atoms with Crippen LogP contribution >= 0.6 is 0 Å². The zero-order valence-electron chi connectivity index (χ0n) is 15.0. The average Bonchev–Trinajstić information content (AvgIpc) is 3.11. The Hall–Kier alpha value is -2.42. The van der Waals surface area contributed by atoms with Crippen molar-refractivity contribution in [2.75, 3.05) is 23.7 Å². The van der Waals surface area contributed by atoms with Crippen molar-refractivity contribution in [1.82, 2.24) is 5.32 Å². The highest BCUT2D eigenvalue weighted by Gasteiger charge is 2.19. The van der Waals surface area contributed by atoms with Gasteiger partial charge in [0, 0.05) is 32.0 Å². The molecule has 148 valence electrons. The number of halogens is 2. The number of carbonyl (C=O) groups is 1. The number of nitrogens with zero attached hydrogens (tertiary/aromatic N) is 1. The van der Waals surface area contributed by atoms with Crippen LogP contribution < -0.4 is 9.62 Å². The number of aryl methyl sites for hydroxylation is 1. The maximum Gasteiger partial charge on any atom is 0.232 e. The molecule has 1 aromatic carbocycles. The molecule has 0 radical (unpaired) electrons. The second-order valence-corrected chi connectivity index (χ2v) is 7.98. The Bertz CT molecular complexity index is 854. The molecular formula is C18H22F2N2O4S. The minimum Gasteiger partial charge on any atom is -0.469 e. The normalized spacial score (nSPS) is 11.4. The van der Waals surface area contributed by atoms with Gasteiger partial charge in [0.2, 0.25) is 15.9 Å². The van der Waals surface area contributed by atoms with Crippen molar-refractivity contribution in [3.63, 3.8) is 0 Å². The Balaban J connectivity index is 1.79. The number of sulfonamides is 1. The first-order valence-corrected chi connectivity index (χ1v) is 10.3. The lowest BCUT2D eigenvalue weighted by Crippen LogP contribution is -2.32. The van der Waals surface area contributed by atoms with Gasteiger partial charge in [-0.1, -0.05) is 0 Å². The molecule has 1 N–H and O–H groups in total. The molecule has 9 heteroatoms. The second-order valence-electron chi connectivity index (χ2n) is 6.07. The summed E-state index contributed by atoms with van der Waals surface area (Å²) in [6, 6.07) is 6.54. The third-order valence-corrected chi connectivity index (χ3v) is 5.05. The van der Waals surface area contributed by atoms with E-state index in [-0.39, 0.29) is 31.0 Å². The van der Waals surface area contributed by atoms with Crippen LogP contribution in [0.5, 0.6) is 0 Å². The van der Waals surface area contributed by atoms with Crippen molar-refractivity contribution < 1.29 is 26.4 Å². The lowest BCUT2D eigenvalue weighted by molar-refractivity contribution is -0.121. The third-order valence-electron chi connectivity index (χ3n) is 3.86. The zero-order chi connectivity index (χ0) is 19.9. The van der Waals surface area contributed by atoms with Crippen molar-refractivity contribution >= 4 is 21.6 Å². The summed E-state index contributed by atoms with van der Waals surface area (Å²) in [5.74, 6) is -1.54. The van der Waals surface area contributed by atoms with Crippen LogP contribution in [0.1, 0.15) is 25.0 Å². The van der Waals surface area contributed by atoms with E-state index in [1.165, 1.54) is 6.07 Å². The summed E-state index contributed by atoms with van der Waals surface area (Å²) in [6.45, 7) is 0.474. The van der Waals surface area contributed by atoms with Crippen LogP contribution in [0.15, 0.2) is 41.0 Å². The molecule has 0 saturated heterocycles. The van der Waals surface area contributed by atoms with Gasteiger partial charge in [0.1, 0.15) is 5.76 Å². The molecule has 0 atom stereocenters. The van der Waals surface area contributed by atoms with Gasteiger partial charge >= 0.3 is 0 Å². The Morgan fingerprint density at radius 3 is 2.59 bits per heavy atom. The predicted molar refractivity (Wildman–Crippen MR) is 97.8 cm³/mol. The van der Waals surface area contributed by atoms with Gasteiger partial charge in [-0.15, -0.1) is 0 Å². The molecule has 1 aromatic heterocycles. The summed E-state index contributed by atoms with van der Waals surface area (Å²) in [5, 5.41) is 2.76. The Morgan fingerprint density at radius 2 is 1.96 bits per heavy atom. The highest BCUT2D eigenvalue weighted by molar-refractivity contribution is 7.92. The van der Waals surface area contributed by atoms with Gasteiger partial charge in [0.25, 0.3) is 0 Å². The molecule has 0 aliphatic rings. The monoisotopic (exact) mass is 400 g/mol. The van der Waals surface area contributed by atoms with Gasteiger partial charge in [-0.25, -0.2) is 17.2 Å². The van der Waals surface area contributed by atoms with E-state index in [9.17, 15) is 22.0 Å². The number of hydrogen-bond acceptors (Lipinski definition) is 4. The van der Waals surface area contributed by atoms with E-state index >= 15 is 0 Å². The van der Waals surface area contributed by atoms with Crippen molar-refractivity contribution in [3.05, 3.63) is 54.0 Å². The molecule has 2 rings (SSSR count). The largest absolute Gasteiger partial charge is 0.469 e. The summed E-state index contributed by atoms with van der Waals surface area (Å²) >= 11 is 0. The minimum atomic E-state index is -3.69. The average molecular weight is 400 g/mol. The van der Waals surface area contributed by atoms with Crippen LogP contribution in [-0.4, -0.2) is 33.7 Å². The van der Waals surface area contributed by atoms with Crippen molar-refractivity contribution in [2.24, 2.45) is 0 Å². The van der Waals surface area contributed by atoms with Crippen LogP contribution in [0.3, 0.4) is 0 Å². The standard InChI is InChI=1S/C18H22F2N2O4S/c1-27(24,25)22(14-8-9-16(19)17(20)13-14)11-3-7-18(23)21-10-2-5-15-6-4-12-26-15/h4,6,8-9,12-13H,2-3,5,7,10-11H2,1H3,(H,21,23). The highest BCUT2D eigenvalue weighted by Crippen LogP contribution is 2.21. The van der Waals surface area contributed by atoms with Gasteiger partial charge < -0.3 is 9.73 Å². The molecule has 0 bridgehead atoms. The molecule has 0 fully saturated rings. The van der Waals surface area contributed by atoms with E-state index in [2.05, 4.69) is 5.32 Å². The quantitative estimate of drug-likeness (QED) is 0.622. The van der Waals surface area contributed by atoms with Gasteiger partial charge in [-0.3, -0.25) is 9.10 Å². The fraction of sp³-hybridized carbons (Fsp3) is 0.389. The van der Waals surface area contributed by atoms with E-state index in [1.54, 1.807) is 12.3 Å². The second kappa shape index (κ2) is 9.50. The van der Waals surface area contributed by atoms with E-state index in [1.807, 2.05) is 6.07 Å². The smallest absolute Gasteiger partial charge is 0.232 e. The number of anilines is 1. The summed E-state index contributed by atoms with van der Waals surface area (Å²) in [6.07, 6.45) is 4.37. The molecular weight excluding hydrogens is 378 g/mol. The molecule has 0 saturated carbocycles. The number of benzene rings is 1. The van der Waals surface area contributed by atoms with Gasteiger partial charge in [0.15, 0.2) is 11.6 Å². The van der Waals surface area contributed by atoms with Crippen LogP contribution in [0, 0.1) is 11.6 Å². The van der Waals surface area contributed by atoms with Crippen LogP contribution in [0.2, 0.25) is 0 Å². The molecule has 6 nitrogen and oxygen atoms in total. The van der Waals surface area contributed by atoms with Gasteiger partial charge in [-0.05, 0) is 37.1 Å². The first-order valence-electron chi connectivity index (χ1n) is 8.49. The van der Waals surface area contributed by atoms with Gasteiger partial charge in [-0.2, -0.15) is 0 Å². The Morgan fingerprint density at radius 1 is 1.19 bits per heavy atom. The van der Waals surface area contributed by atoms with Crippen molar-refractivity contribution in [3.8, 4) is 0 Å². The predicted octanol–water partition coefficient (Wildman–Crippen LogP) is 2.85. The number of rotatable bonds is 10. The first-order chi connectivity index (χ1) is 12.8. The van der Waals surface area contributed by atoms with E-state index < -0.39 is 21.7 Å². The maximum atomic E-state index is 13.4. The number of nitrogens with one attached hydrogen (secondary N) is 1. The SMILES string of the molecule is CS(=O)(=O)N(CCCC(=O)NCCCc1ccco1)c1ccc(F)c(F)c1. The maximum absolute atomic E-state index is 13.4. The molecule has 1 heterocycles. The lowest BCUT2D eigenvalue weighted by atomic mass is 10.2. The molecule has 0 spiro atoms. The zero-order valence-corrected chi connectivity index (χ0v) is 15.8. The van der Waals surface area contributed by atoms with Gasteiger partial charge in [0.05, 0.1) is 18.2 Å². The summed E-state index contributed by atoms with van der Waals surface area (Å²) in [5.41, 5.74) is 0.0234. The third kappa shape index (κ3) is 6.67. The number of carbonyl (C=O) groups excluding carboxylic acids is 1. The number of furan rings is 1. The minimum absolute atomic E-state index is 0.0102. The highest BCUT2D eigenvalue weighted by atomic mass is 32.2. The lowest BCUT2D eigenvalue weighted by Gasteiger charge is -2.22. The van der Waals surface area contributed by atoms with Crippen LogP contribution in [0.25, 0.3) is 0 Å². The molecule has 0 unspecified atom stereocenters. The number of hydrogen-bond donors (Lipinski definition) is 1.